The van der Waals surface area contributed by atoms with Crippen molar-refractivity contribution in [1.82, 2.24) is 4.90 Å². The highest BCUT2D eigenvalue weighted by Gasteiger charge is 2.33. The maximum Gasteiger partial charge on any atom is 0.00734 e. The van der Waals surface area contributed by atoms with Gasteiger partial charge in [0.15, 0.2) is 0 Å². The summed E-state index contributed by atoms with van der Waals surface area (Å²) in [4.78, 5) is 2.41. The smallest absolute Gasteiger partial charge is 0.00734 e. The molecule has 1 saturated heterocycles. The van der Waals surface area contributed by atoms with Gasteiger partial charge in [-0.25, -0.2) is 0 Å². The van der Waals surface area contributed by atoms with Crippen molar-refractivity contribution in [3.63, 3.8) is 0 Å². The molecule has 1 nitrogen and oxygen atoms in total. The number of nitrogens with zero attached hydrogens (tertiary/aromatic N) is 1. The molecule has 0 N–H and O–H groups in total. The van der Waals surface area contributed by atoms with Gasteiger partial charge in [0, 0.05) is 12.0 Å². The Kier molecular flexibility index (Phi) is 2.12. The third-order valence-electron chi connectivity index (χ3n) is 3.13. The van der Waals surface area contributed by atoms with E-state index in [1.807, 2.05) is 0 Å². The summed E-state index contributed by atoms with van der Waals surface area (Å²) in [5, 5.41) is 0. The van der Waals surface area contributed by atoms with E-state index >= 15 is 0 Å². The van der Waals surface area contributed by atoms with Gasteiger partial charge in [0.2, 0.25) is 0 Å². The minimum atomic E-state index is 0.385. The van der Waals surface area contributed by atoms with Gasteiger partial charge in [0.1, 0.15) is 0 Å². The van der Waals surface area contributed by atoms with Crippen molar-refractivity contribution < 1.29 is 0 Å². The highest BCUT2D eigenvalue weighted by molar-refractivity contribution is 5.26. The average molecular weight is 175 g/mol. The predicted molar refractivity (Wildman–Crippen MR) is 55.9 cm³/mol. The second-order valence-corrected chi connectivity index (χ2v) is 4.41. The van der Waals surface area contributed by atoms with Gasteiger partial charge in [-0.3, -0.25) is 0 Å². The number of rotatable bonds is 1. The number of hydrogen-bond donors (Lipinski definition) is 0. The van der Waals surface area contributed by atoms with Crippen molar-refractivity contribution in [3.8, 4) is 0 Å². The Morgan fingerprint density at radius 2 is 1.92 bits per heavy atom. The van der Waals surface area contributed by atoms with E-state index in [2.05, 4.69) is 49.2 Å². The third kappa shape index (κ3) is 1.61. The van der Waals surface area contributed by atoms with Gasteiger partial charge in [0.05, 0.1) is 0 Å². The van der Waals surface area contributed by atoms with E-state index in [0.29, 0.717) is 5.41 Å². The molecule has 1 unspecified atom stereocenters. The largest absolute Gasteiger partial charge is 0.305 e. The topological polar surface area (TPSA) is 3.24 Å². The van der Waals surface area contributed by atoms with E-state index in [9.17, 15) is 0 Å². The van der Waals surface area contributed by atoms with Crippen molar-refractivity contribution in [1.29, 1.82) is 0 Å². The van der Waals surface area contributed by atoms with Crippen LogP contribution in [0.3, 0.4) is 0 Å². The molecule has 1 heterocycles. The third-order valence-corrected chi connectivity index (χ3v) is 3.13. The van der Waals surface area contributed by atoms with Crippen LogP contribution in [0.1, 0.15) is 18.9 Å². The molecule has 13 heavy (non-hydrogen) atoms. The lowest BCUT2D eigenvalue weighted by Crippen LogP contribution is -2.25. The van der Waals surface area contributed by atoms with Crippen LogP contribution >= 0.6 is 0 Å². The monoisotopic (exact) mass is 175 g/mol. The first-order valence-corrected chi connectivity index (χ1v) is 4.95. The molecule has 1 aromatic rings. The number of benzene rings is 1. The quantitative estimate of drug-likeness (QED) is 0.633. The Bertz CT molecular complexity index is 280. The van der Waals surface area contributed by atoms with Gasteiger partial charge in [-0.05, 0) is 25.6 Å². The van der Waals surface area contributed by atoms with E-state index in [-0.39, 0.29) is 0 Å². The summed E-state index contributed by atoms with van der Waals surface area (Å²) in [6.45, 7) is 4.79. The minimum Gasteiger partial charge on any atom is -0.305 e. The highest BCUT2D eigenvalue weighted by atomic mass is 15.1. The Balaban J connectivity index is 2.26. The Morgan fingerprint density at radius 3 is 2.46 bits per heavy atom. The zero-order valence-corrected chi connectivity index (χ0v) is 8.46. The first-order chi connectivity index (χ1) is 6.21. The summed E-state index contributed by atoms with van der Waals surface area (Å²) in [6, 6.07) is 10.9. The fraction of sp³-hybridized carbons (Fsp3) is 0.500. The summed E-state index contributed by atoms with van der Waals surface area (Å²) in [7, 11) is 2.20. The van der Waals surface area contributed by atoms with Gasteiger partial charge < -0.3 is 4.90 Å². The van der Waals surface area contributed by atoms with Crippen LogP contribution in [-0.4, -0.2) is 25.0 Å². The van der Waals surface area contributed by atoms with Crippen LogP contribution in [0.5, 0.6) is 0 Å². The molecule has 1 aromatic carbocycles. The zero-order chi connectivity index (χ0) is 9.31. The maximum absolute atomic E-state index is 2.41. The van der Waals surface area contributed by atoms with Crippen LogP contribution in [0.25, 0.3) is 0 Å². The van der Waals surface area contributed by atoms with Crippen molar-refractivity contribution in [3.05, 3.63) is 35.9 Å². The fourth-order valence-electron chi connectivity index (χ4n) is 2.27. The molecule has 0 amide bonds. The van der Waals surface area contributed by atoms with Crippen molar-refractivity contribution in [2.24, 2.45) is 0 Å². The standard InChI is InChI=1S/C12H17N/c1-12(8-9-13(2)10-12)11-6-4-3-5-7-11/h3-7H,8-10H2,1-2H3. The van der Waals surface area contributed by atoms with Crippen LogP contribution in [0.2, 0.25) is 0 Å². The molecule has 2 rings (SSSR count). The first-order valence-electron chi connectivity index (χ1n) is 4.95. The van der Waals surface area contributed by atoms with E-state index < -0.39 is 0 Å². The SMILES string of the molecule is CN1CCC(C)(c2ccccc2)C1. The van der Waals surface area contributed by atoms with Crippen LogP contribution in [0.15, 0.2) is 30.3 Å². The predicted octanol–water partition coefficient (Wildman–Crippen LogP) is 2.28. The maximum atomic E-state index is 2.41. The number of likely N-dealkylation sites (N-methyl/N-ethyl adjacent to an activating group) is 1. The second-order valence-electron chi connectivity index (χ2n) is 4.41. The molecule has 1 heteroatoms. The molecule has 0 bridgehead atoms. The van der Waals surface area contributed by atoms with Crippen LogP contribution in [0, 0.1) is 0 Å². The first kappa shape index (κ1) is 8.76. The Morgan fingerprint density at radius 1 is 1.23 bits per heavy atom. The fourth-order valence-corrected chi connectivity index (χ4v) is 2.27. The van der Waals surface area contributed by atoms with E-state index in [1.54, 1.807) is 0 Å². The van der Waals surface area contributed by atoms with Gasteiger partial charge in [-0.15, -0.1) is 0 Å². The zero-order valence-electron chi connectivity index (χ0n) is 8.46. The Labute approximate surface area is 80.4 Å². The number of hydrogen-bond acceptors (Lipinski definition) is 1. The highest BCUT2D eigenvalue weighted by Crippen LogP contribution is 2.32. The van der Waals surface area contributed by atoms with Crippen molar-refractivity contribution in [2.45, 2.75) is 18.8 Å². The lowest BCUT2D eigenvalue weighted by Gasteiger charge is -2.24. The molecule has 1 atom stereocenters. The van der Waals surface area contributed by atoms with Crippen molar-refractivity contribution in [2.75, 3.05) is 20.1 Å². The van der Waals surface area contributed by atoms with Gasteiger partial charge in [-0.1, -0.05) is 37.3 Å². The number of likely N-dealkylation sites (tertiary alicyclic amines) is 1. The molecule has 0 aromatic heterocycles. The normalized spacial score (nSPS) is 29.4. The summed E-state index contributed by atoms with van der Waals surface area (Å²) in [5.74, 6) is 0. The van der Waals surface area contributed by atoms with Crippen molar-refractivity contribution >= 4 is 0 Å². The summed E-state index contributed by atoms with van der Waals surface area (Å²) in [6.07, 6.45) is 1.29. The van der Waals surface area contributed by atoms with Gasteiger partial charge in [0.25, 0.3) is 0 Å². The van der Waals surface area contributed by atoms with E-state index in [4.69, 9.17) is 0 Å². The minimum absolute atomic E-state index is 0.385. The summed E-state index contributed by atoms with van der Waals surface area (Å²) >= 11 is 0. The lowest BCUT2D eigenvalue weighted by atomic mass is 9.82. The summed E-state index contributed by atoms with van der Waals surface area (Å²) < 4.78 is 0. The molecular weight excluding hydrogens is 158 g/mol. The van der Waals surface area contributed by atoms with Gasteiger partial charge in [-0.2, -0.15) is 0 Å². The van der Waals surface area contributed by atoms with E-state index in [1.165, 1.54) is 25.1 Å². The van der Waals surface area contributed by atoms with Crippen LogP contribution in [-0.2, 0) is 5.41 Å². The molecule has 0 spiro atoms. The van der Waals surface area contributed by atoms with E-state index in [0.717, 1.165) is 0 Å². The molecule has 1 aliphatic heterocycles. The Hall–Kier alpha value is -0.820. The molecule has 1 fully saturated rings. The molecular formula is C12H17N. The molecule has 0 saturated carbocycles. The second kappa shape index (κ2) is 3.15. The summed E-state index contributed by atoms with van der Waals surface area (Å²) in [5.41, 5.74) is 1.87. The molecule has 0 radical (unpaired) electrons. The lowest BCUT2D eigenvalue weighted by molar-refractivity contribution is 0.381. The van der Waals surface area contributed by atoms with Crippen LogP contribution in [0.4, 0.5) is 0 Å². The molecule has 0 aliphatic carbocycles. The van der Waals surface area contributed by atoms with Crippen LogP contribution < -0.4 is 0 Å². The van der Waals surface area contributed by atoms with Gasteiger partial charge >= 0.3 is 0 Å². The average Bonchev–Trinajstić information content (AvgIpc) is 2.49. The molecule has 70 valence electrons. The molecule has 1 aliphatic rings.